The van der Waals surface area contributed by atoms with Crippen molar-refractivity contribution < 1.29 is 17.0 Å². The predicted octanol–water partition coefficient (Wildman–Crippen LogP) is -0.583. The summed E-state index contributed by atoms with van der Waals surface area (Å²) >= 11 is 0. The third kappa shape index (κ3) is 18.0. The van der Waals surface area contributed by atoms with E-state index in [-0.39, 0.29) is 40.0 Å². The average Bonchev–Trinajstić information content (AvgIpc) is 1.89. The summed E-state index contributed by atoms with van der Waals surface area (Å²) in [5.74, 6) is 5.59. The van der Waals surface area contributed by atoms with E-state index in [1.807, 2.05) is 0 Å². The van der Waals surface area contributed by atoms with Gasteiger partial charge in [-0.1, -0.05) is 39.0 Å². The quantitative estimate of drug-likeness (QED) is 0.261. The number of hydrogen-bond donors (Lipinski definition) is 0. The van der Waals surface area contributed by atoms with Crippen LogP contribution >= 0.6 is 0 Å². The third-order valence-corrected chi connectivity index (χ3v) is 1.28. The maximum Gasteiger partial charge on any atom is 2.00 e. The Morgan fingerprint density at radius 1 is 1.18 bits per heavy atom. The minimum absolute atomic E-state index is 0. The number of halogens is 1. The molecular weight excluding hydrogens is 212 g/mol. The second-order valence-electron chi connectivity index (χ2n) is 2.16. The second-order valence-corrected chi connectivity index (χ2v) is 2.16. The van der Waals surface area contributed by atoms with Crippen molar-refractivity contribution in [2.75, 3.05) is 0 Å². The van der Waals surface area contributed by atoms with E-state index in [4.69, 9.17) is 0 Å². The first-order chi connectivity index (χ1) is 4.41. The largest absolute Gasteiger partial charge is 2.00 e. The van der Waals surface area contributed by atoms with E-state index >= 15 is 0 Å². The molecule has 0 radical (unpaired) electrons. The molecular formula is C9H15BrMg. The maximum atomic E-state index is 3.44. The number of hydrogen-bond acceptors (Lipinski definition) is 0. The standard InChI is InChI=1S/C9H15.BrH.Mg/c1-3-5-7-9-8-6-4-2;;/h1,4,6-9H2,2H3;1H;/q-1;;+2/p-1. The summed E-state index contributed by atoms with van der Waals surface area (Å²) in [7, 11) is 0. The van der Waals surface area contributed by atoms with E-state index in [1.165, 1.54) is 25.7 Å². The summed E-state index contributed by atoms with van der Waals surface area (Å²) in [5, 5.41) is 0. The molecule has 0 unspecified atom stereocenters. The minimum atomic E-state index is 0. The normalized spacial score (nSPS) is 6.64. The van der Waals surface area contributed by atoms with Crippen molar-refractivity contribution in [3.63, 3.8) is 0 Å². The molecule has 0 heterocycles. The molecule has 0 aliphatic carbocycles. The molecule has 0 aliphatic heterocycles. The first kappa shape index (κ1) is 17.7. The van der Waals surface area contributed by atoms with Crippen molar-refractivity contribution in [2.24, 2.45) is 0 Å². The van der Waals surface area contributed by atoms with Gasteiger partial charge in [-0.05, 0) is 0 Å². The van der Waals surface area contributed by atoms with Gasteiger partial charge in [-0.25, -0.2) is 0 Å². The molecule has 0 aromatic rings. The third-order valence-electron chi connectivity index (χ3n) is 1.28. The molecule has 2 heteroatoms. The molecule has 0 spiro atoms. The van der Waals surface area contributed by atoms with Gasteiger partial charge in [-0.3, -0.25) is 5.92 Å². The van der Waals surface area contributed by atoms with Crippen LogP contribution in [0.5, 0.6) is 0 Å². The zero-order chi connectivity index (χ0) is 6.95. The van der Waals surface area contributed by atoms with Crippen LogP contribution in [-0.4, -0.2) is 23.1 Å². The Labute approximate surface area is 97.4 Å². The van der Waals surface area contributed by atoms with Crippen LogP contribution in [0.1, 0.15) is 39.0 Å². The molecule has 0 N–H and O–H groups in total. The van der Waals surface area contributed by atoms with Crippen molar-refractivity contribution in [2.45, 2.75) is 39.0 Å². The van der Waals surface area contributed by atoms with Crippen LogP contribution in [0.2, 0.25) is 0 Å². The van der Waals surface area contributed by atoms with Gasteiger partial charge in [0.15, 0.2) is 0 Å². The van der Waals surface area contributed by atoms with Gasteiger partial charge in [0, 0.05) is 0 Å². The van der Waals surface area contributed by atoms with Crippen LogP contribution in [-0.2, 0) is 0 Å². The van der Waals surface area contributed by atoms with Gasteiger partial charge in [0.05, 0.1) is 0 Å². The smallest absolute Gasteiger partial charge is 1.00 e. The second kappa shape index (κ2) is 17.0. The molecule has 0 aliphatic rings. The van der Waals surface area contributed by atoms with E-state index in [2.05, 4.69) is 25.7 Å². The van der Waals surface area contributed by atoms with Gasteiger partial charge in [-0.2, -0.15) is 6.92 Å². The van der Waals surface area contributed by atoms with Crippen molar-refractivity contribution in [1.82, 2.24) is 0 Å². The Morgan fingerprint density at radius 2 is 1.82 bits per heavy atom. The average molecular weight is 227 g/mol. The van der Waals surface area contributed by atoms with Crippen LogP contribution in [0.3, 0.4) is 0 Å². The summed E-state index contributed by atoms with van der Waals surface area (Å²) in [4.78, 5) is 0. The summed E-state index contributed by atoms with van der Waals surface area (Å²) in [6.07, 6.45) is 6.25. The van der Waals surface area contributed by atoms with Crippen LogP contribution in [0.15, 0.2) is 0 Å². The molecule has 0 rings (SSSR count). The van der Waals surface area contributed by atoms with Crippen LogP contribution in [0, 0.1) is 18.8 Å². The van der Waals surface area contributed by atoms with Crippen LogP contribution < -0.4 is 17.0 Å². The minimum Gasteiger partial charge on any atom is -1.00 e. The first-order valence-corrected chi connectivity index (χ1v) is 3.66. The molecule has 0 saturated heterocycles. The van der Waals surface area contributed by atoms with Crippen LogP contribution in [0.25, 0.3) is 0 Å². The summed E-state index contributed by atoms with van der Waals surface area (Å²) in [6.45, 7) is 5.66. The van der Waals surface area contributed by atoms with Gasteiger partial charge in [0.25, 0.3) is 0 Å². The van der Waals surface area contributed by atoms with E-state index < -0.39 is 0 Å². The maximum absolute atomic E-state index is 3.44. The molecule has 0 saturated carbocycles. The summed E-state index contributed by atoms with van der Waals surface area (Å²) < 4.78 is 0. The Balaban J connectivity index is -0.000000320. The molecule has 0 atom stereocenters. The van der Waals surface area contributed by atoms with Gasteiger partial charge in [-0.15, -0.1) is 0 Å². The fourth-order valence-electron chi connectivity index (χ4n) is 0.729. The molecule has 0 fully saturated rings. The predicted molar refractivity (Wildman–Crippen MR) is 47.6 cm³/mol. The zero-order valence-electron chi connectivity index (χ0n) is 7.33. The van der Waals surface area contributed by atoms with Gasteiger partial charge in [0.1, 0.15) is 0 Å². The fraction of sp³-hybridized carbons (Fsp3) is 0.667. The van der Waals surface area contributed by atoms with E-state index in [1.54, 1.807) is 0 Å². The molecule has 0 amide bonds. The van der Waals surface area contributed by atoms with Gasteiger partial charge < -0.3 is 22.9 Å². The van der Waals surface area contributed by atoms with Crippen molar-refractivity contribution >= 4 is 23.1 Å². The van der Waals surface area contributed by atoms with Crippen molar-refractivity contribution in [3.8, 4) is 11.8 Å². The Hall–Kier alpha value is 0.676. The molecule has 0 aromatic heterocycles. The van der Waals surface area contributed by atoms with Gasteiger partial charge in [0.2, 0.25) is 0 Å². The van der Waals surface area contributed by atoms with E-state index in [0.29, 0.717) is 0 Å². The Morgan fingerprint density at radius 3 is 2.27 bits per heavy atom. The van der Waals surface area contributed by atoms with Crippen LogP contribution in [0.4, 0.5) is 0 Å². The molecule has 11 heavy (non-hydrogen) atoms. The van der Waals surface area contributed by atoms with E-state index in [0.717, 1.165) is 6.42 Å². The van der Waals surface area contributed by atoms with E-state index in [9.17, 15) is 0 Å². The zero-order valence-corrected chi connectivity index (χ0v) is 10.3. The SMILES string of the molecule is [Br-].[CH2-]C#CCCCCCC.[Mg+2]. The summed E-state index contributed by atoms with van der Waals surface area (Å²) in [6, 6.07) is 0. The molecule has 0 nitrogen and oxygen atoms in total. The van der Waals surface area contributed by atoms with Gasteiger partial charge >= 0.3 is 23.1 Å². The Bertz CT molecular complexity index is 102. The Kier molecular flexibility index (Phi) is 27.3. The number of unbranched alkanes of at least 4 members (excludes halogenated alkanes) is 4. The monoisotopic (exact) mass is 226 g/mol. The van der Waals surface area contributed by atoms with Crippen molar-refractivity contribution in [1.29, 1.82) is 0 Å². The summed E-state index contributed by atoms with van der Waals surface area (Å²) in [5.41, 5.74) is 0. The molecule has 0 aromatic carbocycles. The first-order valence-electron chi connectivity index (χ1n) is 3.66. The topological polar surface area (TPSA) is 0 Å². The fourth-order valence-corrected chi connectivity index (χ4v) is 0.729. The van der Waals surface area contributed by atoms with Crippen molar-refractivity contribution in [3.05, 3.63) is 6.92 Å². The molecule has 0 bridgehead atoms. The molecule has 60 valence electrons. The number of rotatable bonds is 4.